The van der Waals surface area contributed by atoms with Crippen molar-refractivity contribution in [1.82, 2.24) is 0 Å². The topological polar surface area (TPSA) is 153 Å². The van der Waals surface area contributed by atoms with E-state index in [1.54, 1.807) is 0 Å². The molecule has 0 radical (unpaired) electrons. The summed E-state index contributed by atoms with van der Waals surface area (Å²) in [5, 5.41) is 53.3. The average Bonchev–Trinajstić information content (AvgIpc) is 2.59. The quantitative estimate of drug-likeness (QED) is 0.462. The summed E-state index contributed by atoms with van der Waals surface area (Å²) in [7, 11) is 0. The first kappa shape index (κ1) is 12.5. The zero-order valence-corrected chi connectivity index (χ0v) is 8.59. The number of nitriles is 4. The van der Waals surface area contributed by atoms with Gasteiger partial charge in [0.05, 0.1) is 11.1 Å². The molecular formula is C11H2N4O3. The Balaban J connectivity index is 3.76. The number of nitrogens with zero attached hydrogens (tertiary/aromatic N) is 4. The predicted octanol–water partition coefficient (Wildman–Crippen LogP) is 0.584. The van der Waals surface area contributed by atoms with Crippen molar-refractivity contribution in [2.75, 3.05) is 0 Å². The molecule has 0 aromatic carbocycles. The van der Waals surface area contributed by atoms with E-state index in [0.29, 0.717) is 0 Å². The second kappa shape index (κ2) is 4.53. The van der Waals surface area contributed by atoms with Crippen molar-refractivity contribution in [2.24, 2.45) is 0 Å². The highest BCUT2D eigenvalue weighted by molar-refractivity contribution is 6.19. The molecule has 0 aromatic heterocycles. The van der Waals surface area contributed by atoms with Crippen LogP contribution in [-0.4, -0.2) is 16.0 Å². The van der Waals surface area contributed by atoms with E-state index in [1.165, 1.54) is 24.3 Å². The van der Waals surface area contributed by atoms with E-state index >= 15 is 0 Å². The molecule has 0 saturated heterocycles. The number of carbonyl (C=O) groups excluding carboxylic acids is 1. The Kier molecular flexibility index (Phi) is 3.15. The van der Waals surface area contributed by atoms with Gasteiger partial charge in [0.15, 0.2) is 11.5 Å². The zero-order chi connectivity index (χ0) is 13.9. The summed E-state index contributed by atoms with van der Waals surface area (Å²) in [5.41, 5.74) is -2.85. The molecule has 0 aliphatic heterocycles. The molecule has 0 amide bonds. The van der Waals surface area contributed by atoms with E-state index < -0.39 is 39.6 Å². The second-order valence-electron chi connectivity index (χ2n) is 2.97. The third-order valence-corrected chi connectivity index (χ3v) is 2.10. The number of Topliss-reactive ketones (excluding diaryl/α,β-unsaturated/α-hetero) is 1. The zero-order valence-electron chi connectivity index (χ0n) is 8.59. The molecule has 7 nitrogen and oxygen atoms in total. The van der Waals surface area contributed by atoms with E-state index in [0.717, 1.165) is 0 Å². The maximum absolute atomic E-state index is 11.8. The lowest BCUT2D eigenvalue weighted by molar-refractivity contribution is -0.111. The van der Waals surface area contributed by atoms with Crippen molar-refractivity contribution < 1.29 is 15.0 Å². The Bertz CT molecular complexity index is 619. The van der Waals surface area contributed by atoms with Crippen LogP contribution in [0.4, 0.5) is 0 Å². The van der Waals surface area contributed by atoms with Crippen molar-refractivity contribution >= 4 is 5.78 Å². The fourth-order valence-corrected chi connectivity index (χ4v) is 1.31. The summed E-state index contributed by atoms with van der Waals surface area (Å²) >= 11 is 0. The standard InChI is InChI=1S/C11H2N4O3/c12-1-5(2-13)7-9(16)8(6(3-14)4-15)11(18)10(7)17/h17-18H. The highest BCUT2D eigenvalue weighted by Gasteiger charge is 2.38. The fraction of sp³-hybridized carbons (Fsp3) is 0. The van der Waals surface area contributed by atoms with Gasteiger partial charge < -0.3 is 10.2 Å². The maximum atomic E-state index is 11.8. The van der Waals surface area contributed by atoms with Crippen LogP contribution in [0.5, 0.6) is 0 Å². The van der Waals surface area contributed by atoms with Crippen LogP contribution in [0.2, 0.25) is 0 Å². The molecule has 84 valence electrons. The van der Waals surface area contributed by atoms with Gasteiger partial charge in [-0.15, -0.1) is 0 Å². The van der Waals surface area contributed by atoms with Gasteiger partial charge in [-0.05, 0) is 0 Å². The van der Waals surface area contributed by atoms with Gasteiger partial charge in [-0.25, -0.2) is 0 Å². The second-order valence-corrected chi connectivity index (χ2v) is 2.97. The van der Waals surface area contributed by atoms with Gasteiger partial charge >= 0.3 is 0 Å². The molecule has 0 spiro atoms. The van der Waals surface area contributed by atoms with Crippen molar-refractivity contribution in [3.05, 3.63) is 33.8 Å². The fourth-order valence-electron chi connectivity index (χ4n) is 1.31. The number of carbonyl (C=O) groups is 1. The van der Waals surface area contributed by atoms with E-state index in [4.69, 9.17) is 21.0 Å². The van der Waals surface area contributed by atoms with Crippen LogP contribution >= 0.6 is 0 Å². The normalized spacial score (nSPS) is 13.4. The Hall–Kier alpha value is -3.55. The molecule has 0 unspecified atom stereocenters. The van der Waals surface area contributed by atoms with Gasteiger partial charge in [0.1, 0.15) is 35.4 Å². The molecule has 0 bridgehead atoms. The SMILES string of the molecule is N#CC(C#N)=C1C(=O)C(=C(C#N)C#N)C(O)=C1O. The lowest BCUT2D eigenvalue weighted by atomic mass is 10.0. The monoisotopic (exact) mass is 238 g/mol. The average molecular weight is 238 g/mol. The van der Waals surface area contributed by atoms with E-state index in [9.17, 15) is 15.0 Å². The number of hydrogen-bond acceptors (Lipinski definition) is 7. The molecule has 7 heteroatoms. The van der Waals surface area contributed by atoms with Crippen molar-refractivity contribution in [1.29, 1.82) is 21.0 Å². The summed E-state index contributed by atoms with van der Waals surface area (Å²) in [6, 6.07) is 5.50. The summed E-state index contributed by atoms with van der Waals surface area (Å²) in [5.74, 6) is -3.09. The first-order valence-corrected chi connectivity index (χ1v) is 4.30. The molecule has 0 aromatic rings. The molecule has 1 aliphatic rings. The highest BCUT2D eigenvalue weighted by Crippen LogP contribution is 2.33. The molecule has 0 atom stereocenters. The van der Waals surface area contributed by atoms with Gasteiger partial charge in [0, 0.05) is 0 Å². The first-order chi connectivity index (χ1) is 8.53. The van der Waals surface area contributed by atoms with Crippen molar-refractivity contribution in [3.63, 3.8) is 0 Å². The Morgan fingerprint density at radius 1 is 0.778 bits per heavy atom. The lowest BCUT2D eigenvalue weighted by Gasteiger charge is -1.94. The molecule has 0 heterocycles. The van der Waals surface area contributed by atoms with Crippen LogP contribution in [0.25, 0.3) is 0 Å². The van der Waals surface area contributed by atoms with Crippen LogP contribution in [0.15, 0.2) is 33.8 Å². The Morgan fingerprint density at radius 3 is 1.28 bits per heavy atom. The lowest BCUT2D eigenvalue weighted by Crippen LogP contribution is -2.04. The molecule has 0 saturated carbocycles. The van der Waals surface area contributed by atoms with Crippen molar-refractivity contribution in [2.45, 2.75) is 0 Å². The predicted molar refractivity (Wildman–Crippen MR) is 53.8 cm³/mol. The van der Waals surface area contributed by atoms with Crippen LogP contribution in [0.1, 0.15) is 0 Å². The molecule has 18 heavy (non-hydrogen) atoms. The highest BCUT2D eigenvalue weighted by atomic mass is 16.3. The Labute approximate surface area is 101 Å². The summed E-state index contributed by atoms with van der Waals surface area (Å²) < 4.78 is 0. The van der Waals surface area contributed by atoms with Gasteiger partial charge in [-0.3, -0.25) is 4.79 Å². The van der Waals surface area contributed by atoms with E-state index in [2.05, 4.69) is 0 Å². The van der Waals surface area contributed by atoms with Gasteiger partial charge in [-0.1, -0.05) is 0 Å². The number of aliphatic hydroxyl groups is 2. The van der Waals surface area contributed by atoms with Gasteiger partial charge in [-0.2, -0.15) is 21.0 Å². The van der Waals surface area contributed by atoms with E-state index in [-0.39, 0.29) is 0 Å². The van der Waals surface area contributed by atoms with Gasteiger partial charge in [0.25, 0.3) is 0 Å². The minimum Gasteiger partial charge on any atom is -0.504 e. The smallest absolute Gasteiger partial charge is 0.204 e. The number of rotatable bonds is 0. The third kappa shape index (κ3) is 1.55. The number of ketones is 1. The van der Waals surface area contributed by atoms with Crippen LogP contribution < -0.4 is 0 Å². The maximum Gasteiger partial charge on any atom is 0.204 e. The first-order valence-electron chi connectivity index (χ1n) is 4.30. The number of allylic oxidation sites excluding steroid dienone is 4. The van der Waals surface area contributed by atoms with Crippen LogP contribution in [-0.2, 0) is 4.79 Å². The summed E-state index contributed by atoms with van der Waals surface area (Å²) in [6.07, 6.45) is 0. The molecule has 0 fully saturated rings. The summed E-state index contributed by atoms with van der Waals surface area (Å²) in [6.45, 7) is 0. The largest absolute Gasteiger partial charge is 0.504 e. The van der Waals surface area contributed by atoms with E-state index in [1.807, 2.05) is 0 Å². The summed E-state index contributed by atoms with van der Waals surface area (Å²) in [4.78, 5) is 11.8. The van der Waals surface area contributed by atoms with Crippen LogP contribution in [0, 0.1) is 45.3 Å². The molecule has 1 rings (SSSR count). The Morgan fingerprint density at radius 2 is 1.06 bits per heavy atom. The van der Waals surface area contributed by atoms with Gasteiger partial charge in [0.2, 0.25) is 5.78 Å². The number of aliphatic hydroxyl groups excluding tert-OH is 2. The van der Waals surface area contributed by atoms with Crippen molar-refractivity contribution in [3.8, 4) is 24.3 Å². The minimum atomic E-state index is -1.11. The molecule has 1 aliphatic carbocycles. The minimum absolute atomic E-state index is 0.712. The van der Waals surface area contributed by atoms with Crippen LogP contribution in [0.3, 0.4) is 0 Å². The molecular weight excluding hydrogens is 236 g/mol. The molecule has 2 N–H and O–H groups in total. The third-order valence-electron chi connectivity index (χ3n) is 2.10. The number of hydrogen-bond donors (Lipinski definition) is 2.